The zero-order valence-electron chi connectivity index (χ0n) is 12.3. The molecule has 0 spiro atoms. The summed E-state index contributed by atoms with van der Waals surface area (Å²) in [5.74, 6) is -1.36. The molecule has 0 aliphatic carbocycles. The van der Waals surface area contributed by atoms with Crippen molar-refractivity contribution in [1.29, 1.82) is 0 Å². The van der Waals surface area contributed by atoms with Gasteiger partial charge in [0.05, 0.1) is 5.75 Å². The van der Waals surface area contributed by atoms with Crippen molar-refractivity contribution in [3.8, 4) is 0 Å². The zero-order chi connectivity index (χ0) is 17.0. The van der Waals surface area contributed by atoms with Gasteiger partial charge in [0.25, 0.3) is 6.43 Å². The van der Waals surface area contributed by atoms with Crippen LogP contribution in [0, 0.1) is 0 Å². The van der Waals surface area contributed by atoms with Crippen LogP contribution in [0.2, 0.25) is 0 Å². The van der Waals surface area contributed by atoms with Gasteiger partial charge in [0, 0.05) is 17.5 Å². The lowest BCUT2D eigenvalue weighted by molar-refractivity contribution is -0.137. The van der Waals surface area contributed by atoms with Crippen LogP contribution < -0.4 is 4.72 Å². The molecule has 0 aliphatic heterocycles. The van der Waals surface area contributed by atoms with Crippen molar-refractivity contribution in [2.24, 2.45) is 0 Å². The van der Waals surface area contributed by atoms with Crippen LogP contribution in [0.15, 0.2) is 24.3 Å². The third-order valence-electron chi connectivity index (χ3n) is 2.98. The highest BCUT2D eigenvalue weighted by molar-refractivity contribution is 7.88. The molecule has 0 fully saturated rings. The van der Waals surface area contributed by atoms with Gasteiger partial charge >= 0.3 is 5.97 Å². The van der Waals surface area contributed by atoms with Crippen molar-refractivity contribution in [2.45, 2.75) is 44.4 Å². The van der Waals surface area contributed by atoms with Crippen LogP contribution in [0.4, 0.5) is 8.78 Å². The molecular weight excluding hydrogens is 316 g/mol. The van der Waals surface area contributed by atoms with Gasteiger partial charge in [-0.1, -0.05) is 24.3 Å². The second-order valence-corrected chi connectivity index (χ2v) is 7.40. The molecule has 0 radical (unpaired) electrons. The predicted molar refractivity (Wildman–Crippen MR) is 78.1 cm³/mol. The van der Waals surface area contributed by atoms with Crippen LogP contribution in [-0.4, -0.2) is 25.0 Å². The Labute approximate surface area is 128 Å². The molecule has 124 valence electrons. The smallest absolute Gasteiger partial charge is 0.303 e. The maximum absolute atomic E-state index is 12.4. The van der Waals surface area contributed by atoms with E-state index < -0.39 is 28.0 Å². The van der Waals surface area contributed by atoms with E-state index in [1.165, 1.54) is 24.3 Å². The standard InChI is InChI=1S/C14H19F2NO4S/c1-14(2,8-7-12(18)19)17-22(20,21)9-10-3-5-11(6-4-10)13(15)16/h3-6,13,17H,7-9H2,1-2H3,(H,18,19). The highest BCUT2D eigenvalue weighted by Gasteiger charge is 2.25. The van der Waals surface area contributed by atoms with Crippen LogP contribution in [0.5, 0.6) is 0 Å². The van der Waals surface area contributed by atoms with Crippen molar-refractivity contribution in [2.75, 3.05) is 0 Å². The fraction of sp³-hybridized carbons (Fsp3) is 0.500. The van der Waals surface area contributed by atoms with Crippen molar-refractivity contribution in [3.05, 3.63) is 35.4 Å². The van der Waals surface area contributed by atoms with Gasteiger partial charge in [0.1, 0.15) is 0 Å². The minimum absolute atomic E-state index is 0.145. The number of alkyl halides is 2. The van der Waals surface area contributed by atoms with E-state index in [4.69, 9.17) is 5.11 Å². The fourth-order valence-electron chi connectivity index (χ4n) is 1.91. The van der Waals surface area contributed by atoms with E-state index in [9.17, 15) is 22.0 Å². The number of aliphatic carboxylic acids is 1. The Hall–Kier alpha value is -1.54. The summed E-state index contributed by atoms with van der Waals surface area (Å²) >= 11 is 0. The number of halogens is 2. The summed E-state index contributed by atoms with van der Waals surface area (Å²) in [6.07, 6.45) is -2.61. The largest absolute Gasteiger partial charge is 0.481 e. The first-order valence-electron chi connectivity index (χ1n) is 6.61. The van der Waals surface area contributed by atoms with Gasteiger partial charge in [0.15, 0.2) is 0 Å². The summed E-state index contributed by atoms with van der Waals surface area (Å²) in [5.41, 5.74) is -0.693. The summed E-state index contributed by atoms with van der Waals surface area (Å²) in [6, 6.07) is 5.05. The summed E-state index contributed by atoms with van der Waals surface area (Å²) in [6.45, 7) is 3.18. The van der Waals surface area contributed by atoms with Gasteiger partial charge in [0.2, 0.25) is 10.0 Å². The molecule has 0 atom stereocenters. The van der Waals surface area contributed by atoms with Crippen LogP contribution in [-0.2, 0) is 20.6 Å². The van der Waals surface area contributed by atoms with E-state index in [2.05, 4.69) is 4.72 Å². The molecule has 1 rings (SSSR count). The molecule has 22 heavy (non-hydrogen) atoms. The molecule has 0 aromatic heterocycles. The maximum Gasteiger partial charge on any atom is 0.303 e. The Morgan fingerprint density at radius 2 is 1.82 bits per heavy atom. The molecule has 0 bridgehead atoms. The number of hydrogen-bond acceptors (Lipinski definition) is 3. The van der Waals surface area contributed by atoms with Crippen molar-refractivity contribution in [3.63, 3.8) is 0 Å². The molecule has 0 heterocycles. The number of carboxylic acid groups (broad SMARTS) is 1. The summed E-state index contributed by atoms with van der Waals surface area (Å²) in [4.78, 5) is 10.6. The number of sulfonamides is 1. The number of nitrogens with one attached hydrogen (secondary N) is 1. The summed E-state index contributed by atoms with van der Waals surface area (Å²) in [7, 11) is -3.70. The summed E-state index contributed by atoms with van der Waals surface area (Å²) < 4.78 is 51.4. The van der Waals surface area contributed by atoms with Crippen LogP contribution in [0.25, 0.3) is 0 Å². The normalized spacial score (nSPS) is 12.6. The first kappa shape index (κ1) is 18.5. The van der Waals surface area contributed by atoms with E-state index in [1.54, 1.807) is 13.8 Å². The highest BCUT2D eigenvalue weighted by atomic mass is 32.2. The molecule has 0 unspecified atom stereocenters. The third-order valence-corrected chi connectivity index (χ3v) is 4.56. The van der Waals surface area contributed by atoms with Gasteiger partial charge in [-0.15, -0.1) is 0 Å². The number of carbonyl (C=O) groups is 1. The molecule has 1 aromatic rings. The molecule has 0 aliphatic rings. The topological polar surface area (TPSA) is 83.5 Å². The molecule has 0 saturated carbocycles. The van der Waals surface area contributed by atoms with E-state index >= 15 is 0 Å². The van der Waals surface area contributed by atoms with Gasteiger partial charge in [-0.3, -0.25) is 4.79 Å². The average Bonchev–Trinajstić information content (AvgIpc) is 2.35. The number of carboxylic acids is 1. The van der Waals surface area contributed by atoms with E-state index in [1.807, 2.05) is 0 Å². The minimum atomic E-state index is -3.70. The summed E-state index contributed by atoms with van der Waals surface area (Å²) in [5, 5.41) is 8.64. The van der Waals surface area contributed by atoms with Crippen molar-refractivity contribution >= 4 is 16.0 Å². The molecule has 8 heteroatoms. The number of rotatable bonds is 8. The number of benzene rings is 1. The van der Waals surface area contributed by atoms with Gasteiger partial charge in [-0.25, -0.2) is 21.9 Å². The Morgan fingerprint density at radius 3 is 2.27 bits per heavy atom. The second kappa shape index (κ2) is 7.15. The first-order valence-corrected chi connectivity index (χ1v) is 8.26. The monoisotopic (exact) mass is 335 g/mol. The molecule has 5 nitrogen and oxygen atoms in total. The first-order chi connectivity index (χ1) is 10.0. The van der Waals surface area contributed by atoms with Gasteiger partial charge in [-0.05, 0) is 25.8 Å². The lowest BCUT2D eigenvalue weighted by Gasteiger charge is -2.25. The Morgan fingerprint density at radius 1 is 1.27 bits per heavy atom. The zero-order valence-corrected chi connectivity index (χ0v) is 13.2. The Balaban J connectivity index is 2.72. The number of hydrogen-bond donors (Lipinski definition) is 2. The third kappa shape index (κ3) is 6.48. The predicted octanol–water partition coefficient (Wildman–Crippen LogP) is 2.69. The molecule has 0 saturated heterocycles. The van der Waals surface area contributed by atoms with Crippen molar-refractivity contribution < 1.29 is 27.1 Å². The Bertz CT molecular complexity index is 612. The molecule has 0 amide bonds. The maximum atomic E-state index is 12.4. The average molecular weight is 335 g/mol. The fourth-order valence-corrected chi connectivity index (χ4v) is 3.55. The van der Waals surface area contributed by atoms with E-state index in [0.717, 1.165) is 0 Å². The van der Waals surface area contributed by atoms with E-state index in [0.29, 0.717) is 5.56 Å². The van der Waals surface area contributed by atoms with Gasteiger partial charge in [-0.2, -0.15) is 0 Å². The quantitative estimate of drug-likeness (QED) is 0.765. The minimum Gasteiger partial charge on any atom is -0.481 e. The lowest BCUT2D eigenvalue weighted by Crippen LogP contribution is -2.44. The molecule has 1 aromatic carbocycles. The van der Waals surface area contributed by atoms with E-state index in [-0.39, 0.29) is 24.2 Å². The molecular formula is C14H19F2NO4S. The van der Waals surface area contributed by atoms with Crippen LogP contribution >= 0.6 is 0 Å². The van der Waals surface area contributed by atoms with Crippen molar-refractivity contribution in [1.82, 2.24) is 4.72 Å². The SMILES string of the molecule is CC(C)(CCC(=O)O)NS(=O)(=O)Cc1ccc(C(F)F)cc1. The van der Waals surface area contributed by atoms with Crippen LogP contribution in [0.1, 0.15) is 44.2 Å². The second-order valence-electron chi connectivity index (χ2n) is 5.68. The van der Waals surface area contributed by atoms with Gasteiger partial charge < -0.3 is 5.11 Å². The van der Waals surface area contributed by atoms with Crippen LogP contribution in [0.3, 0.4) is 0 Å². The Kier molecular flexibility index (Phi) is 6.01. The highest BCUT2D eigenvalue weighted by Crippen LogP contribution is 2.20. The molecule has 2 N–H and O–H groups in total. The lowest BCUT2D eigenvalue weighted by atomic mass is 10.0.